The Bertz CT molecular complexity index is 1050. The molecule has 3 N–H and O–H groups in total. The number of nitrogens with one attached hydrogen (secondary N) is 2. The van der Waals surface area contributed by atoms with Gasteiger partial charge in [-0.15, -0.1) is 0 Å². The summed E-state index contributed by atoms with van der Waals surface area (Å²) in [7, 11) is -3.73. The van der Waals surface area contributed by atoms with E-state index >= 15 is 0 Å². The lowest BCUT2D eigenvalue weighted by molar-refractivity contribution is 0.102. The predicted octanol–water partition coefficient (Wildman–Crippen LogP) is 3.23. The van der Waals surface area contributed by atoms with Crippen LogP contribution in [0.5, 0.6) is 0 Å². The van der Waals surface area contributed by atoms with Crippen molar-refractivity contribution >= 4 is 27.3 Å². The lowest BCUT2D eigenvalue weighted by atomic mass is 10.1. The summed E-state index contributed by atoms with van der Waals surface area (Å²) in [6.45, 7) is -0.125. The number of rotatable bonds is 6. The van der Waals surface area contributed by atoms with Gasteiger partial charge in [0.05, 0.1) is 11.5 Å². The Morgan fingerprint density at radius 3 is 2.30 bits per heavy atom. The van der Waals surface area contributed by atoms with Crippen LogP contribution < -0.4 is 10.0 Å². The van der Waals surface area contributed by atoms with Crippen LogP contribution in [0.3, 0.4) is 0 Å². The zero-order valence-electron chi connectivity index (χ0n) is 14.3. The molecular weight excluding hydrogens is 364 g/mol. The van der Waals surface area contributed by atoms with Crippen LogP contribution in [-0.4, -0.2) is 19.4 Å². The van der Waals surface area contributed by atoms with Gasteiger partial charge in [-0.1, -0.05) is 36.4 Å². The number of amides is 1. The number of aliphatic hydroxyl groups excluding tert-OH is 1. The van der Waals surface area contributed by atoms with E-state index in [4.69, 9.17) is 0 Å². The number of carbonyl (C=O) groups excluding carboxylic acids is 1. The molecule has 0 aliphatic carbocycles. The number of carbonyl (C=O) groups is 1. The van der Waals surface area contributed by atoms with Gasteiger partial charge in [0.25, 0.3) is 15.9 Å². The molecule has 1 amide bonds. The molecule has 0 heterocycles. The highest BCUT2D eigenvalue weighted by Crippen LogP contribution is 2.18. The van der Waals surface area contributed by atoms with E-state index in [1.807, 2.05) is 0 Å². The third kappa shape index (κ3) is 4.72. The van der Waals surface area contributed by atoms with E-state index in [0.29, 0.717) is 16.8 Å². The minimum absolute atomic E-state index is 0.125. The van der Waals surface area contributed by atoms with Crippen molar-refractivity contribution in [1.82, 2.24) is 0 Å². The fraction of sp³-hybridized carbons (Fsp3) is 0.0500. The Labute approximate surface area is 157 Å². The number of benzene rings is 3. The third-order valence-electron chi connectivity index (χ3n) is 3.80. The van der Waals surface area contributed by atoms with Crippen molar-refractivity contribution in [2.24, 2.45) is 0 Å². The van der Waals surface area contributed by atoms with Gasteiger partial charge in [-0.05, 0) is 48.0 Å². The maximum atomic E-state index is 12.5. The second kappa shape index (κ2) is 8.03. The Kier molecular flexibility index (Phi) is 5.54. The number of hydrogen-bond acceptors (Lipinski definition) is 4. The molecule has 0 fully saturated rings. The molecule has 0 aliphatic heterocycles. The molecule has 0 saturated heterocycles. The molecule has 3 rings (SSSR count). The summed E-state index contributed by atoms with van der Waals surface area (Å²) in [5, 5.41) is 11.9. The molecule has 0 bridgehead atoms. The lowest BCUT2D eigenvalue weighted by Crippen LogP contribution is -2.15. The summed E-state index contributed by atoms with van der Waals surface area (Å²) < 4.78 is 27.3. The molecule has 0 atom stereocenters. The molecule has 0 spiro atoms. The molecule has 0 aromatic heterocycles. The molecular formula is C20H18N2O4S. The maximum Gasteiger partial charge on any atom is 0.261 e. The van der Waals surface area contributed by atoms with Crippen LogP contribution in [0, 0.1) is 0 Å². The highest BCUT2D eigenvalue weighted by molar-refractivity contribution is 7.92. The van der Waals surface area contributed by atoms with Crippen LogP contribution in [0.25, 0.3) is 0 Å². The van der Waals surface area contributed by atoms with E-state index in [9.17, 15) is 18.3 Å². The highest BCUT2D eigenvalue weighted by Gasteiger charge is 2.14. The molecule has 138 valence electrons. The number of aliphatic hydroxyl groups is 1. The summed E-state index contributed by atoms with van der Waals surface area (Å²) in [4.78, 5) is 12.6. The fourth-order valence-electron chi connectivity index (χ4n) is 2.49. The Hall–Kier alpha value is -3.16. The highest BCUT2D eigenvalue weighted by atomic mass is 32.2. The van der Waals surface area contributed by atoms with Crippen LogP contribution in [0.15, 0.2) is 83.8 Å². The van der Waals surface area contributed by atoms with Crippen molar-refractivity contribution in [3.05, 3.63) is 90.0 Å². The first-order chi connectivity index (χ1) is 13.0. The maximum absolute atomic E-state index is 12.5. The second-order valence-electron chi connectivity index (χ2n) is 5.81. The quantitative estimate of drug-likeness (QED) is 0.610. The first-order valence-electron chi connectivity index (χ1n) is 8.17. The van der Waals surface area contributed by atoms with Crippen LogP contribution >= 0.6 is 0 Å². The van der Waals surface area contributed by atoms with Gasteiger partial charge in [0.2, 0.25) is 0 Å². The van der Waals surface area contributed by atoms with Gasteiger partial charge in [0, 0.05) is 16.9 Å². The summed E-state index contributed by atoms with van der Waals surface area (Å²) in [6, 6.07) is 21.1. The van der Waals surface area contributed by atoms with Crippen molar-refractivity contribution in [2.75, 3.05) is 10.0 Å². The number of hydrogen-bond donors (Lipinski definition) is 3. The zero-order valence-corrected chi connectivity index (χ0v) is 15.1. The minimum Gasteiger partial charge on any atom is -0.392 e. The van der Waals surface area contributed by atoms with E-state index in [1.54, 1.807) is 60.7 Å². The van der Waals surface area contributed by atoms with Gasteiger partial charge in [0.15, 0.2) is 0 Å². The molecule has 27 heavy (non-hydrogen) atoms. The van der Waals surface area contributed by atoms with Crippen LogP contribution in [0.2, 0.25) is 0 Å². The normalized spacial score (nSPS) is 11.0. The molecule has 3 aromatic rings. The Balaban J connectivity index is 1.78. The smallest absolute Gasteiger partial charge is 0.261 e. The molecule has 0 saturated carbocycles. The molecule has 3 aromatic carbocycles. The third-order valence-corrected chi connectivity index (χ3v) is 5.20. The molecule has 0 radical (unpaired) electrons. The van der Waals surface area contributed by atoms with Gasteiger partial charge in [-0.25, -0.2) is 8.42 Å². The SMILES string of the molecule is O=C(Nc1cccc(CO)c1)c1cccc(NS(=O)(=O)c2ccccc2)c1. The van der Waals surface area contributed by atoms with Crippen molar-refractivity contribution in [2.45, 2.75) is 11.5 Å². The first-order valence-corrected chi connectivity index (χ1v) is 9.65. The monoisotopic (exact) mass is 382 g/mol. The molecule has 0 aliphatic rings. The number of sulfonamides is 1. The second-order valence-corrected chi connectivity index (χ2v) is 7.49. The zero-order chi connectivity index (χ0) is 19.3. The average Bonchev–Trinajstić information content (AvgIpc) is 2.68. The predicted molar refractivity (Wildman–Crippen MR) is 104 cm³/mol. The van der Waals surface area contributed by atoms with E-state index in [-0.39, 0.29) is 23.1 Å². The van der Waals surface area contributed by atoms with Crippen molar-refractivity contribution in [1.29, 1.82) is 0 Å². The average molecular weight is 382 g/mol. The van der Waals surface area contributed by atoms with Crippen LogP contribution in [-0.2, 0) is 16.6 Å². The van der Waals surface area contributed by atoms with Crippen molar-refractivity contribution < 1.29 is 18.3 Å². The lowest BCUT2D eigenvalue weighted by Gasteiger charge is -2.10. The largest absolute Gasteiger partial charge is 0.392 e. The fourth-order valence-corrected chi connectivity index (χ4v) is 3.56. The standard InChI is InChI=1S/C20H18N2O4S/c23-14-15-6-4-8-17(12-15)21-20(24)16-7-5-9-18(13-16)22-27(25,26)19-10-2-1-3-11-19/h1-13,22-23H,14H2,(H,21,24). The van der Waals surface area contributed by atoms with Crippen LogP contribution in [0.4, 0.5) is 11.4 Å². The van der Waals surface area contributed by atoms with Crippen LogP contribution in [0.1, 0.15) is 15.9 Å². The Morgan fingerprint density at radius 1 is 0.852 bits per heavy atom. The topological polar surface area (TPSA) is 95.5 Å². The molecule has 7 heteroatoms. The van der Waals surface area contributed by atoms with E-state index in [0.717, 1.165) is 0 Å². The van der Waals surface area contributed by atoms with E-state index < -0.39 is 10.0 Å². The molecule has 0 unspecified atom stereocenters. The minimum atomic E-state index is -3.73. The van der Waals surface area contributed by atoms with E-state index in [1.165, 1.54) is 18.2 Å². The summed E-state index contributed by atoms with van der Waals surface area (Å²) in [5.41, 5.74) is 1.81. The van der Waals surface area contributed by atoms with Gasteiger partial charge in [-0.2, -0.15) is 0 Å². The number of anilines is 2. The van der Waals surface area contributed by atoms with Crippen molar-refractivity contribution in [3.8, 4) is 0 Å². The summed E-state index contributed by atoms with van der Waals surface area (Å²) in [5.74, 6) is -0.383. The van der Waals surface area contributed by atoms with Gasteiger partial charge in [-0.3, -0.25) is 9.52 Å². The van der Waals surface area contributed by atoms with Crippen molar-refractivity contribution in [3.63, 3.8) is 0 Å². The summed E-state index contributed by atoms with van der Waals surface area (Å²) in [6.07, 6.45) is 0. The van der Waals surface area contributed by atoms with Gasteiger partial charge >= 0.3 is 0 Å². The molecule has 6 nitrogen and oxygen atoms in total. The van der Waals surface area contributed by atoms with E-state index in [2.05, 4.69) is 10.0 Å². The first kappa shape index (κ1) is 18.6. The summed E-state index contributed by atoms with van der Waals surface area (Å²) >= 11 is 0. The van der Waals surface area contributed by atoms with Gasteiger partial charge < -0.3 is 10.4 Å². The van der Waals surface area contributed by atoms with Gasteiger partial charge in [0.1, 0.15) is 0 Å². The Morgan fingerprint density at radius 2 is 1.56 bits per heavy atom.